The second-order valence-electron chi connectivity index (χ2n) is 2.91. The molecule has 1 rings (SSSR count). The highest BCUT2D eigenvalue weighted by molar-refractivity contribution is 7.46. The van der Waals surface area contributed by atoms with E-state index in [-0.39, 0.29) is 5.75 Å². The third-order valence-electron chi connectivity index (χ3n) is 1.42. The Bertz CT molecular complexity index is 335. The van der Waals surface area contributed by atoms with Crippen molar-refractivity contribution in [3.8, 4) is 5.75 Å². The zero-order valence-electron chi connectivity index (χ0n) is 7.39. The van der Waals surface area contributed by atoms with Crippen molar-refractivity contribution in [3.63, 3.8) is 0 Å². The summed E-state index contributed by atoms with van der Waals surface area (Å²) < 4.78 is 14.9. The Morgan fingerprint density at radius 1 is 1.15 bits per heavy atom. The van der Waals surface area contributed by atoms with E-state index < -0.39 is 7.82 Å². The van der Waals surface area contributed by atoms with E-state index in [2.05, 4.69) is 4.52 Å². The van der Waals surface area contributed by atoms with Gasteiger partial charge in [0.25, 0.3) is 0 Å². The summed E-state index contributed by atoms with van der Waals surface area (Å²) in [6.45, 7) is 3.67. The second kappa shape index (κ2) is 3.50. The van der Waals surface area contributed by atoms with Gasteiger partial charge in [-0.05, 0) is 37.1 Å². The van der Waals surface area contributed by atoms with Gasteiger partial charge in [-0.15, -0.1) is 0 Å². The van der Waals surface area contributed by atoms with Gasteiger partial charge in [-0.2, -0.15) is 0 Å². The molecule has 1 aromatic carbocycles. The second-order valence-corrected chi connectivity index (χ2v) is 4.07. The van der Waals surface area contributed by atoms with Crippen LogP contribution in [0.1, 0.15) is 11.1 Å². The van der Waals surface area contributed by atoms with Crippen LogP contribution in [0, 0.1) is 13.8 Å². The normalized spacial score (nSPS) is 11.4. The maximum atomic E-state index is 10.5. The van der Waals surface area contributed by atoms with Crippen molar-refractivity contribution in [3.05, 3.63) is 29.3 Å². The number of hydrogen-bond donors (Lipinski definition) is 2. The average Bonchev–Trinajstić information content (AvgIpc) is 1.78. The van der Waals surface area contributed by atoms with E-state index in [1.165, 1.54) is 0 Å². The van der Waals surface area contributed by atoms with Gasteiger partial charge in [-0.1, -0.05) is 6.07 Å². The summed E-state index contributed by atoms with van der Waals surface area (Å²) in [5, 5.41) is 0. The minimum atomic E-state index is -4.43. The molecule has 0 aliphatic heterocycles. The topological polar surface area (TPSA) is 66.8 Å². The molecule has 0 bridgehead atoms. The molecule has 0 amide bonds. The van der Waals surface area contributed by atoms with Crippen molar-refractivity contribution in [1.29, 1.82) is 0 Å². The van der Waals surface area contributed by atoms with Gasteiger partial charge in [0, 0.05) is 0 Å². The summed E-state index contributed by atoms with van der Waals surface area (Å²) in [5.74, 6) is 0.200. The molecule has 0 fully saturated rings. The molecule has 0 aliphatic carbocycles. The largest absolute Gasteiger partial charge is 0.524 e. The molecule has 0 aromatic heterocycles. The predicted octanol–water partition coefficient (Wildman–Crippen LogP) is 1.77. The summed E-state index contributed by atoms with van der Waals surface area (Å²) in [6, 6.07) is 5.05. The minimum absolute atomic E-state index is 0.200. The summed E-state index contributed by atoms with van der Waals surface area (Å²) in [7, 11) is -4.43. The summed E-state index contributed by atoms with van der Waals surface area (Å²) in [5.41, 5.74) is 1.81. The van der Waals surface area contributed by atoms with Gasteiger partial charge >= 0.3 is 7.82 Å². The van der Waals surface area contributed by atoms with Crippen LogP contribution in [0.25, 0.3) is 0 Å². The quantitative estimate of drug-likeness (QED) is 0.717. The fourth-order valence-electron chi connectivity index (χ4n) is 1.12. The third-order valence-corrected chi connectivity index (χ3v) is 1.87. The lowest BCUT2D eigenvalue weighted by Crippen LogP contribution is -1.91. The predicted molar refractivity (Wildman–Crippen MR) is 48.6 cm³/mol. The van der Waals surface area contributed by atoms with Crippen LogP contribution in [0.5, 0.6) is 5.75 Å². The molecule has 72 valence electrons. The fraction of sp³-hybridized carbons (Fsp3) is 0.250. The molecule has 0 heterocycles. The highest BCUT2D eigenvalue weighted by Crippen LogP contribution is 2.37. The van der Waals surface area contributed by atoms with Crippen molar-refractivity contribution in [2.45, 2.75) is 13.8 Å². The molecule has 2 N–H and O–H groups in total. The first-order chi connectivity index (χ1) is 5.87. The molecular weight excluding hydrogens is 191 g/mol. The van der Waals surface area contributed by atoms with Gasteiger partial charge < -0.3 is 4.52 Å². The minimum Gasteiger partial charge on any atom is -0.404 e. The summed E-state index contributed by atoms with van der Waals surface area (Å²) >= 11 is 0. The first-order valence-corrected chi connectivity index (χ1v) is 5.23. The number of aryl methyl sites for hydroxylation is 2. The molecule has 4 nitrogen and oxygen atoms in total. The van der Waals surface area contributed by atoms with Crippen molar-refractivity contribution in [1.82, 2.24) is 0 Å². The van der Waals surface area contributed by atoms with Crippen molar-refractivity contribution in [2.75, 3.05) is 0 Å². The van der Waals surface area contributed by atoms with Crippen molar-refractivity contribution in [2.24, 2.45) is 0 Å². The van der Waals surface area contributed by atoms with Gasteiger partial charge in [0.15, 0.2) is 0 Å². The molecule has 0 spiro atoms. The Balaban J connectivity index is 2.96. The lowest BCUT2D eigenvalue weighted by atomic mass is 10.1. The number of benzene rings is 1. The molecule has 0 unspecified atom stereocenters. The Labute approximate surface area is 76.4 Å². The Hall–Kier alpha value is -0.830. The van der Waals surface area contributed by atoms with Crippen LogP contribution in [-0.2, 0) is 4.57 Å². The molecule has 0 radical (unpaired) electrons. The number of phosphoric acid groups is 1. The zero-order chi connectivity index (χ0) is 10.1. The van der Waals surface area contributed by atoms with Crippen LogP contribution in [0.15, 0.2) is 18.2 Å². The van der Waals surface area contributed by atoms with Gasteiger partial charge in [0.1, 0.15) is 5.75 Å². The maximum Gasteiger partial charge on any atom is 0.524 e. The van der Waals surface area contributed by atoms with E-state index in [1.807, 2.05) is 19.9 Å². The molecule has 0 saturated carbocycles. The van der Waals surface area contributed by atoms with Gasteiger partial charge in [0.05, 0.1) is 0 Å². The molecular formula is C8H11O4P. The van der Waals surface area contributed by atoms with Crippen LogP contribution in [0.2, 0.25) is 0 Å². The van der Waals surface area contributed by atoms with Gasteiger partial charge in [-0.25, -0.2) is 4.57 Å². The standard InChI is InChI=1S/C8H11O4P/c1-6-3-7(2)5-8(4-6)12-13(9,10)11/h3-5H,1-2H3,(H2,9,10,11). The Kier molecular flexibility index (Phi) is 2.76. The SMILES string of the molecule is Cc1cc(C)cc(OP(=O)(O)O)c1. The van der Waals surface area contributed by atoms with E-state index >= 15 is 0 Å². The van der Waals surface area contributed by atoms with Crippen molar-refractivity contribution < 1.29 is 18.9 Å². The fourth-order valence-corrected chi connectivity index (χ4v) is 1.50. The first kappa shape index (κ1) is 10.3. The van der Waals surface area contributed by atoms with E-state index in [1.54, 1.807) is 12.1 Å². The Morgan fingerprint density at radius 3 is 2.00 bits per heavy atom. The van der Waals surface area contributed by atoms with Gasteiger partial charge in [0.2, 0.25) is 0 Å². The molecule has 0 atom stereocenters. The summed E-state index contributed by atoms with van der Waals surface area (Å²) in [6.07, 6.45) is 0. The molecule has 0 saturated heterocycles. The molecule has 13 heavy (non-hydrogen) atoms. The van der Waals surface area contributed by atoms with E-state index in [4.69, 9.17) is 9.79 Å². The zero-order valence-corrected chi connectivity index (χ0v) is 8.28. The van der Waals surface area contributed by atoms with Crippen LogP contribution in [0.3, 0.4) is 0 Å². The number of hydrogen-bond acceptors (Lipinski definition) is 2. The van der Waals surface area contributed by atoms with Gasteiger partial charge in [-0.3, -0.25) is 9.79 Å². The summed E-state index contributed by atoms with van der Waals surface area (Å²) in [4.78, 5) is 17.1. The molecule has 1 aromatic rings. The highest BCUT2D eigenvalue weighted by Gasteiger charge is 2.15. The molecule has 5 heteroatoms. The van der Waals surface area contributed by atoms with E-state index in [0.717, 1.165) is 11.1 Å². The highest BCUT2D eigenvalue weighted by atomic mass is 31.2. The third kappa shape index (κ3) is 3.59. The lowest BCUT2D eigenvalue weighted by molar-refractivity contribution is 0.283. The average molecular weight is 202 g/mol. The van der Waals surface area contributed by atoms with Crippen LogP contribution in [0.4, 0.5) is 0 Å². The lowest BCUT2D eigenvalue weighted by Gasteiger charge is -2.07. The van der Waals surface area contributed by atoms with E-state index in [9.17, 15) is 4.57 Å². The number of phosphoric ester groups is 1. The monoisotopic (exact) mass is 202 g/mol. The van der Waals surface area contributed by atoms with Crippen molar-refractivity contribution >= 4 is 7.82 Å². The first-order valence-electron chi connectivity index (χ1n) is 3.70. The van der Waals surface area contributed by atoms with Crippen LogP contribution in [-0.4, -0.2) is 9.79 Å². The smallest absolute Gasteiger partial charge is 0.404 e. The van der Waals surface area contributed by atoms with Crippen LogP contribution >= 0.6 is 7.82 Å². The maximum absolute atomic E-state index is 10.5. The number of rotatable bonds is 2. The molecule has 0 aliphatic rings. The van der Waals surface area contributed by atoms with Crippen LogP contribution < -0.4 is 4.52 Å². The van der Waals surface area contributed by atoms with E-state index in [0.29, 0.717) is 0 Å². The Morgan fingerprint density at radius 2 is 1.62 bits per heavy atom.